The molecule has 0 bridgehead atoms. The molecule has 1 saturated heterocycles. The van der Waals surface area contributed by atoms with Gasteiger partial charge in [0.25, 0.3) is 5.92 Å². The van der Waals surface area contributed by atoms with Crippen LogP contribution in [0.1, 0.15) is 18.2 Å². The number of aromatic nitrogens is 2. The maximum absolute atomic E-state index is 13.5. The number of rotatable bonds is 1. The van der Waals surface area contributed by atoms with E-state index in [1.807, 2.05) is 0 Å². The summed E-state index contributed by atoms with van der Waals surface area (Å²) in [7, 11) is 0. The highest BCUT2D eigenvalue weighted by Crippen LogP contribution is 2.33. The zero-order valence-corrected chi connectivity index (χ0v) is 8.00. The minimum atomic E-state index is -2.70. The molecule has 1 unspecified atom stereocenters. The first-order chi connectivity index (χ1) is 6.61. The SMILES string of the molecule is Cc1ccnn1C1CCNCC1(F)F. The van der Waals surface area contributed by atoms with E-state index in [9.17, 15) is 8.78 Å². The topological polar surface area (TPSA) is 29.9 Å². The van der Waals surface area contributed by atoms with Gasteiger partial charge in [0, 0.05) is 11.9 Å². The Bertz CT molecular complexity index is 322. The van der Waals surface area contributed by atoms with Crippen LogP contribution < -0.4 is 5.32 Å². The first-order valence-corrected chi connectivity index (χ1v) is 4.70. The Labute approximate surface area is 81.1 Å². The Morgan fingerprint density at radius 2 is 2.43 bits per heavy atom. The van der Waals surface area contributed by atoms with Crippen molar-refractivity contribution in [2.24, 2.45) is 0 Å². The molecule has 1 N–H and O–H groups in total. The third-order valence-electron chi connectivity index (χ3n) is 2.61. The van der Waals surface area contributed by atoms with Crippen molar-refractivity contribution in [3.63, 3.8) is 0 Å². The fourth-order valence-corrected chi connectivity index (χ4v) is 1.83. The molecule has 1 fully saturated rings. The average Bonchev–Trinajstić information content (AvgIpc) is 2.51. The summed E-state index contributed by atoms with van der Waals surface area (Å²) in [6, 6.07) is 0.955. The monoisotopic (exact) mass is 201 g/mol. The average molecular weight is 201 g/mol. The molecule has 1 aliphatic rings. The van der Waals surface area contributed by atoms with E-state index < -0.39 is 12.0 Å². The van der Waals surface area contributed by atoms with Crippen LogP contribution in [0.25, 0.3) is 0 Å². The summed E-state index contributed by atoms with van der Waals surface area (Å²) in [4.78, 5) is 0. The third kappa shape index (κ3) is 1.52. The van der Waals surface area contributed by atoms with Crippen molar-refractivity contribution in [2.75, 3.05) is 13.1 Å². The van der Waals surface area contributed by atoms with Gasteiger partial charge in [-0.15, -0.1) is 0 Å². The smallest absolute Gasteiger partial charge is 0.282 e. The number of nitrogens with one attached hydrogen (secondary N) is 1. The Morgan fingerprint density at radius 1 is 1.64 bits per heavy atom. The summed E-state index contributed by atoms with van der Waals surface area (Å²) in [6.07, 6.45) is 1.99. The molecule has 78 valence electrons. The molecule has 1 aromatic rings. The summed E-state index contributed by atoms with van der Waals surface area (Å²) in [5.74, 6) is -2.70. The highest BCUT2D eigenvalue weighted by Gasteiger charge is 2.43. The lowest BCUT2D eigenvalue weighted by Gasteiger charge is -2.32. The predicted octanol–water partition coefficient (Wildman–Crippen LogP) is 1.36. The number of hydrogen-bond acceptors (Lipinski definition) is 2. The standard InChI is InChI=1S/C9H13F2N3/c1-7-2-5-13-14(7)8-3-4-12-6-9(8,10)11/h2,5,8,12H,3-4,6H2,1H3. The first-order valence-electron chi connectivity index (χ1n) is 4.70. The number of piperidine rings is 1. The molecule has 1 atom stereocenters. The van der Waals surface area contributed by atoms with Gasteiger partial charge in [0.2, 0.25) is 0 Å². The van der Waals surface area contributed by atoms with Crippen molar-refractivity contribution in [2.45, 2.75) is 25.3 Å². The summed E-state index contributed by atoms with van der Waals surface area (Å²) in [6.45, 7) is 2.17. The van der Waals surface area contributed by atoms with Crippen molar-refractivity contribution >= 4 is 0 Å². The van der Waals surface area contributed by atoms with E-state index in [0.717, 1.165) is 5.69 Å². The molecular formula is C9H13F2N3. The van der Waals surface area contributed by atoms with Crippen LogP contribution in [-0.4, -0.2) is 28.8 Å². The Morgan fingerprint density at radius 3 is 3.00 bits per heavy atom. The van der Waals surface area contributed by atoms with Gasteiger partial charge in [-0.2, -0.15) is 5.10 Å². The Balaban J connectivity index is 2.28. The fourth-order valence-electron chi connectivity index (χ4n) is 1.83. The highest BCUT2D eigenvalue weighted by atomic mass is 19.3. The molecule has 3 nitrogen and oxygen atoms in total. The van der Waals surface area contributed by atoms with E-state index >= 15 is 0 Å². The first kappa shape index (κ1) is 9.58. The molecule has 5 heteroatoms. The molecule has 0 aromatic carbocycles. The highest BCUT2D eigenvalue weighted by molar-refractivity contribution is 5.02. The second-order valence-electron chi connectivity index (χ2n) is 3.66. The molecule has 0 radical (unpaired) electrons. The van der Waals surface area contributed by atoms with Crippen LogP contribution in [0.2, 0.25) is 0 Å². The third-order valence-corrected chi connectivity index (χ3v) is 2.61. The van der Waals surface area contributed by atoms with E-state index in [1.54, 1.807) is 19.2 Å². The number of hydrogen-bond donors (Lipinski definition) is 1. The second-order valence-corrected chi connectivity index (χ2v) is 3.66. The zero-order valence-electron chi connectivity index (χ0n) is 8.00. The van der Waals surface area contributed by atoms with Gasteiger partial charge in [0.05, 0.1) is 6.54 Å². The predicted molar refractivity (Wildman–Crippen MR) is 48.4 cm³/mol. The van der Waals surface area contributed by atoms with Crippen LogP contribution >= 0.6 is 0 Å². The summed E-state index contributed by atoms with van der Waals surface area (Å²) in [5.41, 5.74) is 0.788. The minimum absolute atomic E-state index is 0.253. The molecular weight excluding hydrogens is 188 g/mol. The van der Waals surface area contributed by atoms with Gasteiger partial charge in [0.15, 0.2) is 0 Å². The van der Waals surface area contributed by atoms with Crippen molar-refractivity contribution in [1.29, 1.82) is 0 Å². The zero-order chi connectivity index (χ0) is 10.2. The number of halogens is 2. The van der Waals surface area contributed by atoms with Crippen LogP contribution in [0.4, 0.5) is 8.78 Å². The van der Waals surface area contributed by atoms with E-state index in [1.165, 1.54) is 4.68 Å². The van der Waals surface area contributed by atoms with Crippen molar-refractivity contribution in [3.8, 4) is 0 Å². The van der Waals surface area contributed by atoms with Crippen molar-refractivity contribution < 1.29 is 8.78 Å². The number of alkyl halides is 2. The molecule has 14 heavy (non-hydrogen) atoms. The quantitative estimate of drug-likeness (QED) is 0.743. The Hall–Kier alpha value is -0.970. The van der Waals surface area contributed by atoms with Crippen LogP contribution in [-0.2, 0) is 0 Å². The largest absolute Gasteiger partial charge is 0.311 e. The fraction of sp³-hybridized carbons (Fsp3) is 0.667. The minimum Gasteiger partial charge on any atom is -0.311 e. The summed E-state index contributed by atoms with van der Waals surface area (Å²) >= 11 is 0. The second kappa shape index (κ2) is 3.31. The van der Waals surface area contributed by atoms with Crippen LogP contribution in [0, 0.1) is 6.92 Å². The van der Waals surface area contributed by atoms with Crippen molar-refractivity contribution in [1.82, 2.24) is 15.1 Å². The number of nitrogens with zero attached hydrogens (tertiary/aromatic N) is 2. The molecule has 1 aromatic heterocycles. The van der Waals surface area contributed by atoms with Crippen LogP contribution in [0.15, 0.2) is 12.3 Å². The molecule has 1 aliphatic heterocycles. The molecule has 2 rings (SSSR count). The lowest BCUT2D eigenvalue weighted by Crippen LogP contribution is -2.47. The normalized spacial score (nSPS) is 26.4. The van der Waals surface area contributed by atoms with Gasteiger partial charge in [-0.05, 0) is 26.0 Å². The van der Waals surface area contributed by atoms with Gasteiger partial charge in [-0.25, -0.2) is 8.78 Å². The van der Waals surface area contributed by atoms with Crippen LogP contribution in [0.3, 0.4) is 0 Å². The van der Waals surface area contributed by atoms with Gasteiger partial charge >= 0.3 is 0 Å². The molecule has 0 saturated carbocycles. The van der Waals surface area contributed by atoms with E-state index in [4.69, 9.17) is 0 Å². The van der Waals surface area contributed by atoms with Gasteiger partial charge in [-0.3, -0.25) is 4.68 Å². The Kier molecular flexibility index (Phi) is 2.26. The molecule has 2 heterocycles. The molecule has 0 spiro atoms. The number of aryl methyl sites for hydroxylation is 1. The van der Waals surface area contributed by atoms with E-state index in [2.05, 4.69) is 10.4 Å². The lowest BCUT2D eigenvalue weighted by molar-refractivity contribution is -0.0703. The van der Waals surface area contributed by atoms with Gasteiger partial charge < -0.3 is 5.32 Å². The maximum atomic E-state index is 13.5. The summed E-state index contributed by atoms with van der Waals surface area (Å²) < 4.78 is 28.4. The summed E-state index contributed by atoms with van der Waals surface area (Å²) in [5, 5.41) is 6.64. The van der Waals surface area contributed by atoms with Gasteiger partial charge in [0.1, 0.15) is 6.04 Å². The van der Waals surface area contributed by atoms with E-state index in [-0.39, 0.29) is 6.54 Å². The lowest BCUT2D eigenvalue weighted by atomic mass is 10.0. The van der Waals surface area contributed by atoms with Crippen molar-refractivity contribution in [3.05, 3.63) is 18.0 Å². The van der Waals surface area contributed by atoms with E-state index in [0.29, 0.717) is 13.0 Å². The molecule has 0 aliphatic carbocycles. The molecule has 0 amide bonds. The van der Waals surface area contributed by atoms with Gasteiger partial charge in [-0.1, -0.05) is 0 Å². The van der Waals surface area contributed by atoms with Crippen LogP contribution in [0.5, 0.6) is 0 Å². The maximum Gasteiger partial charge on any atom is 0.282 e.